The Morgan fingerprint density at radius 3 is 2.77 bits per heavy atom. The van der Waals surface area contributed by atoms with E-state index in [1.165, 1.54) is 23.8 Å². The van der Waals surface area contributed by atoms with Gasteiger partial charge >= 0.3 is 0 Å². The average Bonchev–Trinajstić information content (AvgIpc) is 3.28. The van der Waals surface area contributed by atoms with Gasteiger partial charge in [0, 0.05) is 29.9 Å². The van der Waals surface area contributed by atoms with E-state index >= 15 is 0 Å². The fraction of sp³-hybridized carbons (Fsp3) is 0.222. The van der Waals surface area contributed by atoms with Gasteiger partial charge in [0.1, 0.15) is 5.84 Å². The van der Waals surface area contributed by atoms with Crippen molar-refractivity contribution in [3.63, 3.8) is 0 Å². The Labute approximate surface area is 129 Å². The van der Waals surface area contributed by atoms with Crippen LogP contribution in [0.4, 0.5) is 0 Å². The molecule has 1 aliphatic carbocycles. The number of pyridine rings is 1. The molecule has 0 unspecified atom stereocenters. The molecule has 4 heteroatoms. The van der Waals surface area contributed by atoms with E-state index in [1.807, 2.05) is 18.5 Å². The van der Waals surface area contributed by atoms with Crippen LogP contribution in [0, 0.1) is 0 Å². The van der Waals surface area contributed by atoms with E-state index in [0.717, 1.165) is 17.6 Å². The molecule has 1 saturated carbocycles. The third kappa shape index (κ3) is 2.60. The summed E-state index contributed by atoms with van der Waals surface area (Å²) in [6, 6.07) is 13.0. The first-order chi connectivity index (χ1) is 10.8. The number of benzene rings is 1. The van der Waals surface area contributed by atoms with Gasteiger partial charge < -0.3 is 10.3 Å². The quantitative estimate of drug-likeness (QED) is 0.593. The third-order valence-electron chi connectivity index (χ3n) is 4.05. The summed E-state index contributed by atoms with van der Waals surface area (Å²) >= 11 is 0. The molecule has 0 saturated heterocycles. The molecule has 0 spiro atoms. The predicted octanol–water partition coefficient (Wildman–Crippen LogP) is 2.95. The van der Waals surface area contributed by atoms with Crippen molar-refractivity contribution in [3.05, 3.63) is 66.1 Å². The molecule has 1 aliphatic rings. The van der Waals surface area contributed by atoms with E-state index in [4.69, 9.17) is 5.73 Å². The summed E-state index contributed by atoms with van der Waals surface area (Å²) in [5, 5.41) is 1.22. The number of aromatic nitrogens is 2. The van der Waals surface area contributed by atoms with Crippen LogP contribution in [0.3, 0.4) is 0 Å². The van der Waals surface area contributed by atoms with Gasteiger partial charge in [0.25, 0.3) is 0 Å². The van der Waals surface area contributed by atoms with Gasteiger partial charge in [-0.3, -0.25) is 9.98 Å². The molecule has 0 bridgehead atoms. The second-order valence-electron chi connectivity index (χ2n) is 5.82. The fourth-order valence-corrected chi connectivity index (χ4v) is 2.62. The van der Waals surface area contributed by atoms with E-state index in [2.05, 4.69) is 51.1 Å². The summed E-state index contributed by atoms with van der Waals surface area (Å²) < 4.78 is 2.21. The van der Waals surface area contributed by atoms with Crippen molar-refractivity contribution in [2.45, 2.75) is 25.4 Å². The maximum Gasteiger partial charge on any atom is 0.125 e. The van der Waals surface area contributed by atoms with Gasteiger partial charge in [-0.25, -0.2) is 0 Å². The van der Waals surface area contributed by atoms with Crippen LogP contribution in [0.25, 0.3) is 10.9 Å². The summed E-state index contributed by atoms with van der Waals surface area (Å²) in [7, 11) is 0. The summed E-state index contributed by atoms with van der Waals surface area (Å²) in [6.07, 6.45) is 8.18. The lowest BCUT2D eigenvalue weighted by atomic mass is 10.1. The standard InChI is InChI=1S/C18H18N4/c19-18(21-16-5-6-16)15-3-1-13(2-4-15)12-22-10-8-14-7-9-20-11-17(14)22/h1-4,7-11,16H,5-6,12H2,(H2,19,21). The molecule has 22 heavy (non-hydrogen) atoms. The Kier molecular flexibility index (Phi) is 3.15. The summed E-state index contributed by atoms with van der Waals surface area (Å²) in [5.74, 6) is 0.657. The van der Waals surface area contributed by atoms with Crippen LogP contribution in [0.15, 0.2) is 60.0 Å². The van der Waals surface area contributed by atoms with E-state index in [9.17, 15) is 0 Å². The lowest BCUT2D eigenvalue weighted by Gasteiger charge is -2.07. The lowest BCUT2D eigenvalue weighted by molar-refractivity contribution is 0.835. The van der Waals surface area contributed by atoms with Crippen molar-refractivity contribution in [3.8, 4) is 0 Å². The van der Waals surface area contributed by atoms with Crippen LogP contribution in [0.5, 0.6) is 0 Å². The van der Waals surface area contributed by atoms with Gasteiger partial charge in [-0.1, -0.05) is 24.3 Å². The first-order valence-corrected chi connectivity index (χ1v) is 7.61. The molecule has 2 aromatic heterocycles. The normalized spacial score (nSPS) is 15.4. The van der Waals surface area contributed by atoms with Gasteiger partial charge in [-0.05, 0) is 30.5 Å². The Balaban J connectivity index is 1.56. The number of rotatable bonds is 4. The number of nitrogens with two attached hydrogens (primary N) is 1. The number of aliphatic imine (C=N–C) groups is 1. The van der Waals surface area contributed by atoms with Crippen molar-refractivity contribution in [2.75, 3.05) is 0 Å². The highest BCUT2D eigenvalue weighted by atomic mass is 15.0. The van der Waals surface area contributed by atoms with E-state index in [0.29, 0.717) is 11.9 Å². The monoisotopic (exact) mass is 290 g/mol. The summed E-state index contributed by atoms with van der Waals surface area (Å²) in [5.41, 5.74) is 9.44. The molecule has 4 nitrogen and oxygen atoms in total. The number of hydrogen-bond donors (Lipinski definition) is 1. The lowest BCUT2D eigenvalue weighted by Crippen LogP contribution is -2.14. The van der Waals surface area contributed by atoms with Gasteiger partial charge in [0.2, 0.25) is 0 Å². The average molecular weight is 290 g/mol. The van der Waals surface area contributed by atoms with Gasteiger partial charge in [-0.15, -0.1) is 0 Å². The van der Waals surface area contributed by atoms with E-state index in [1.54, 1.807) is 0 Å². The highest BCUT2D eigenvalue weighted by molar-refractivity contribution is 5.97. The highest BCUT2D eigenvalue weighted by Crippen LogP contribution is 2.24. The Hall–Kier alpha value is -2.62. The van der Waals surface area contributed by atoms with Crippen molar-refractivity contribution in [1.29, 1.82) is 0 Å². The van der Waals surface area contributed by atoms with Crippen molar-refractivity contribution in [2.24, 2.45) is 10.7 Å². The molecule has 1 aromatic carbocycles. The van der Waals surface area contributed by atoms with Gasteiger partial charge in [0.05, 0.1) is 17.8 Å². The zero-order valence-electron chi connectivity index (χ0n) is 12.3. The minimum absolute atomic E-state index is 0.457. The molecular weight excluding hydrogens is 272 g/mol. The Bertz CT molecular complexity index is 826. The maximum absolute atomic E-state index is 6.03. The molecule has 0 aliphatic heterocycles. The van der Waals surface area contributed by atoms with Crippen LogP contribution in [0.2, 0.25) is 0 Å². The molecule has 4 rings (SSSR count). The van der Waals surface area contributed by atoms with Crippen molar-refractivity contribution < 1.29 is 0 Å². The first-order valence-electron chi connectivity index (χ1n) is 7.61. The van der Waals surface area contributed by atoms with Crippen LogP contribution >= 0.6 is 0 Å². The molecule has 0 amide bonds. The number of fused-ring (bicyclic) bond motifs is 1. The van der Waals surface area contributed by atoms with Crippen LogP contribution in [0.1, 0.15) is 24.0 Å². The zero-order valence-corrected chi connectivity index (χ0v) is 12.3. The second-order valence-corrected chi connectivity index (χ2v) is 5.82. The molecule has 2 N–H and O–H groups in total. The summed E-state index contributed by atoms with van der Waals surface area (Å²) in [6.45, 7) is 0.829. The molecule has 2 heterocycles. The summed E-state index contributed by atoms with van der Waals surface area (Å²) in [4.78, 5) is 8.69. The van der Waals surface area contributed by atoms with E-state index < -0.39 is 0 Å². The molecule has 110 valence electrons. The maximum atomic E-state index is 6.03. The minimum atomic E-state index is 0.457. The minimum Gasteiger partial charge on any atom is -0.383 e. The van der Waals surface area contributed by atoms with Gasteiger partial charge in [0.15, 0.2) is 0 Å². The van der Waals surface area contributed by atoms with Crippen LogP contribution in [-0.2, 0) is 6.54 Å². The fourth-order valence-electron chi connectivity index (χ4n) is 2.62. The SMILES string of the molecule is NC(=NC1CC1)c1ccc(Cn2ccc3ccncc32)cc1. The molecule has 0 atom stereocenters. The number of hydrogen-bond acceptors (Lipinski definition) is 2. The zero-order chi connectivity index (χ0) is 14.9. The van der Waals surface area contributed by atoms with E-state index in [-0.39, 0.29) is 0 Å². The van der Waals surface area contributed by atoms with Crippen LogP contribution in [-0.4, -0.2) is 21.4 Å². The predicted molar refractivity (Wildman–Crippen MR) is 89.0 cm³/mol. The van der Waals surface area contributed by atoms with Gasteiger partial charge in [-0.2, -0.15) is 0 Å². The smallest absolute Gasteiger partial charge is 0.125 e. The molecule has 1 fully saturated rings. The first kappa shape index (κ1) is 13.1. The number of nitrogens with zero attached hydrogens (tertiary/aromatic N) is 3. The number of amidine groups is 1. The topological polar surface area (TPSA) is 56.2 Å². The Morgan fingerprint density at radius 1 is 1.18 bits per heavy atom. The largest absolute Gasteiger partial charge is 0.383 e. The molecular formula is C18H18N4. The highest BCUT2D eigenvalue weighted by Gasteiger charge is 2.20. The van der Waals surface area contributed by atoms with Crippen LogP contribution < -0.4 is 5.73 Å². The molecule has 0 radical (unpaired) electrons. The van der Waals surface area contributed by atoms with Crippen molar-refractivity contribution >= 4 is 16.7 Å². The third-order valence-corrected chi connectivity index (χ3v) is 4.05. The van der Waals surface area contributed by atoms with Crippen molar-refractivity contribution in [1.82, 2.24) is 9.55 Å². The molecule has 3 aromatic rings. The second kappa shape index (κ2) is 5.30. The Morgan fingerprint density at radius 2 is 2.00 bits per heavy atom.